The molecule has 0 rings (SSSR count). The van der Waals surface area contributed by atoms with Crippen LogP contribution in [0, 0.1) is 0 Å². The van der Waals surface area contributed by atoms with Gasteiger partial charge in [-0.2, -0.15) is 13.2 Å². The largest absolute Gasteiger partial charge is 0.406 e. The molecule has 0 atom stereocenters. The maximum Gasteiger partial charge on any atom is 0.406 e. The lowest BCUT2D eigenvalue weighted by Crippen LogP contribution is -2.46. The Labute approximate surface area is 141 Å². The highest BCUT2D eigenvalue weighted by Gasteiger charge is 2.31. The molecule has 1 amide bonds. The van der Waals surface area contributed by atoms with Gasteiger partial charge in [-0.05, 0) is 13.5 Å². The van der Waals surface area contributed by atoms with Gasteiger partial charge in [-0.25, -0.2) is 0 Å². The molecule has 24 heavy (non-hydrogen) atoms. The molecule has 2 N–H and O–H groups in total. The minimum atomic E-state index is -4.41. The maximum atomic E-state index is 12.2. The third-order valence-electron chi connectivity index (χ3n) is 3.15. The number of rotatable bonds is 10. The number of nitrogens with one attached hydrogen (secondary N) is 2. The second-order valence-electron chi connectivity index (χ2n) is 5.37. The fourth-order valence-corrected chi connectivity index (χ4v) is 1.83. The second-order valence-corrected chi connectivity index (χ2v) is 5.37. The molecule has 0 aromatic rings. The molecule has 0 aliphatic heterocycles. The predicted molar refractivity (Wildman–Crippen MR) is 87.0 cm³/mol. The molecular formula is C14H28F3N5O2. The lowest BCUT2D eigenvalue weighted by Gasteiger charge is -2.20. The van der Waals surface area contributed by atoms with Crippen LogP contribution in [0.25, 0.3) is 0 Å². The summed E-state index contributed by atoms with van der Waals surface area (Å²) < 4.78 is 41.6. The van der Waals surface area contributed by atoms with Crippen molar-refractivity contribution in [2.75, 3.05) is 67.6 Å². The fraction of sp³-hybridized carbons (Fsp3) is 0.857. The molecule has 0 saturated carbocycles. The molecule has 0 aliphatic carbocycles. The van der Waals surface area contributed by atoms with Crippen LogP contribution in [0.5, 0.6) is 0 Å². The third kappa shape index (κ3) is 11.9. The Morgan fingerprint density at radius 1 is 1.21 bits per heavy atom. The second kappa shape index (κ2) is 11.9. The summed E-state index contributed by atoms with van der Waals surface area (Å²) in [4.78, 5) is 18.3. The lowest BCUT2D eigenvalue weighted by molar-refractivity contribution is -0.157. The average Bonchev–Trinajstić information content (AvgIpc) is 2.48. The Bertz CT molecular complexity index is 391. The van der Waals surface area contributed by atoms with Crippen LogP contribution >= 0.6 is 0 Å². The number of halogens is 3. The van der Waals surface area contributed by atoms with E-state index in [1.54, 1.807) is 7.11 Å². The first kappa shape index (κ1) is 22.4. The number of amides is 1. The molecule has 0 aliphatic rings. The minimum Gasteiger partial charge on any atom is -0.385 e. The normalized spacial score (nSPS) is 12.4. The number of aliphatic imine (C=N–C) groups is 1. The summed E-state index contributed by atoms with van der Waals surface area (Å²) in [7, 11) is 6.28. The summed E-state index contributed by atoms with van der Waals surface area (Å²) in [6.45, 7) is 1.42. The smallest absolute Gasteiger partial charge is 0.385 e. The van der Waals surface area contributed by atoms with E-state index in [4.69, 9.17) is 4.74 Å². The Kier molecular flexibility index (Phi) is 11.1. The number of methoxy groups -OCH3 is 1. The number of alkyl halides is 3. The SMILES string of the molecule is CN=C(NCCN(C)CCCOC)NCC(=O)N(C)CC(F)(F)F. The summed E-state index contributed by atoms with van der Waals surface area (Å²) in [5, 5.41) is 5.71. The van der Waals surface area contributed by atoms with Crippen LogP contribution in [0.2, 0.25) is 0 Å². The van der Waals surface area contributed by atoms with Gasteiger partial charge in [-0.15, -0.1) is 0 Å². The summed E-state index contributed by atoms with van der Waals surface area (Å²) in [6, 6.07) is 0. The molecule has 0 fully saturated rings. The van der Waals surface area contributed by atoms with Gasteiger partial charge in [0.2, 0.25) is 5.91 Å². The maximum absolute atomic E-state index is 12.2. The van der Waals surface area contributed by atoms with Crippen LogP contribution < -0.4 is 10.6 Å². The van der Waals surface area contributed by atoms with Gasteiger partial charge in [0.15, 0.2) is 5.96 Å². The van der Waals surface area contributed by atoms with Crippen LogP contribution in [0.4, 0.5) is 13.2 Å². The standard InChI is InChI=1S/C14H28F3N5O2/c1-18-13(19-6-8-21(2)7-5-9-24-4)20-10-12(23)22(3)11-14(15,16)17/h5-11H2,1-4H3,(H2,18,19,20). The summed E-state index contributed by atoms with van der Waals surface area (Å²) in [5.41, 5.74) is 0. The number of likely N-dealkylation sites (N-methyl/N-ethyl adjacent to an activating group) is 2. The van der Waals surface area contributed by atoms with Gasteiger partial charge < -0.3 is 25.2 Å². The topological polar surface area (TPSA) is 69.2 Å². The monoisotopic (exact) mass is 355 g/mol. The van der Waals surface area contributed by atoms with E-state index < -0.39 is 18.6 Å². The van der Waals surface area contributed by atoms with Crippen molar-refractivity contribution in [3.8, 4) is 0 Å². The lowest BCUT2D eigenvalue weighted by atomic mass is 10.4. The number of hydrogen-bond acceptors (Lipinski definition) is 4. The first-order valence-corrected chi connectivity index (χ1v) is 7.62. The van der Waals surface area contributed by atoms with E-state index in [1.165, 1.54) is 7.05 Å². The number of carbonyl (C=O) groups is 1. The zero-order valence-corrected chi connectivity index (χ0v) is 14.7. The first-order valence-electron chi connectivity index (χ1n) is 7.62. The molecule has 0 spiro atoms. The fourth-order valence-electron chi connectivity index (χ4n) is 1.83. The van der Waals surface area contributed by atoms with Gasteiger partial charge in [0.25, 0.3) is 0 Å². The van der Waals surface area contributed by atoms with Crippen LogP contribution in [-0.4, -0.2) is 95.4 Å². The van der Waals surface area contributed by atoms with Crippen LogP contribution in [0.3, 0.4) is 0 Å². The summed E-state index contributed by atoms with van der Waals surface area (Å²) >= 11 is 0. The Morgan fingerprint density at radius 3 is 2.42 bits per heavy atom. The van der Waals surface area contributed by atoms with Crippen LogP contribution in [0.15, 0.2) is 4.99 Å². The molecule has 0 bridgehead atoms. The highest BCUT2D eigenvalue weighted by atomic mass is 19.4. The number of ether oxygens (including phenoxy) is 1. The van der Waals surface area contributed by atoms with E-state index in [0.717, 1.165) is 26.6 Å². The first-order chi connectivity index (χ1) is 11.2. The molecule has 10 heteroatoms. The van der Waals surface area contributed by atoms with Gasteiger partial charge in [0, 0.05) is 47.4 Å². The zero-order chi connectivity index (χ0) is 18.6. The van der Waals surface area contributed by atoms with Crippen molar-refractivity contribution >= 4 is 11.9 Å². The minimum absolute atomic E-state index is 0.254. The molecule has 0 radical (unpaired) electrons. The van der Waals surface area contributed by atoms with Crippen molar-refractivity contribution < 1.29 is 22.7 Å². The van der Waals surface area contributed by atoms with E-state index in [2.05, 4.69) is 20.5 Å². The molecule has 0 aromatic carbocycles. The number of guanidine groups is 1. The zero-order valence-electron chi connectivity index (χ0n) is 14.7. The van der Waals surface area contributed by atoms with E-state index in [9.17, 15) is 18.0 Å². The van der Waals surface area contributed by atoms with E-state index in [1.807, 2.05) is 7.05 Å². The number of hydrogen-bond donors (Lipinski definition) is 2. The van der Waals surface area contributed by atoms with Gasteiger partial charge in [0.1, 0.15) is 6.54 Å². The van der Waals surface area contributed by atoms with Crippen LogP contribution in [0.1, 0.15) is 6.42 Å². The predicted octanol–water partition coefficient (Wildman–Crippen LogP) is 0.140. The number of carbonyl (C=O) groups excluding carboxylic acids is 1. The third-order valence-corrected chi connectivity index (χ3v) is 3.15. The van der Waals surface area contributed by atoms with Gasteiger partial charge in [-0.3, -0.25) is 9.79 Å². The van der Waals surface area contributed by atoms with E-state index in [0.29, 0.717) is 24.0 Å². The van der Waals surface area contributed by atoms with Gasteiger partial charge in [-0.1, -0.05) is 0 Å². The number of nitrogens with zero attached hydrogens (tertiary/aromatic N) is 3. The Balaban J connectivity index is 4.01. The molecule has 142 valence electrons. The van der Waals surface area contributed by atoms with Gasteiger partial charge >= 0.3 is 6.18 Å². The van der Waals surface area contributed by atoms with Crippen molar-refractivity contribution in [2.24, 2.45) is 4.99 Å². The molecule has 7 nitrogen and oxygen atoms in total. The Hall–Kier alpha value is -1.55. The van der Waals surface area contributed by atoms with Crippen molar-refractivity contribution in [3.63, 3.8) is 0 Å². The van der Waals surface area contributed by atoms with Crippen molar-refractivity contribution in [1.29, 1.82) is 0 Å². The summed E-state index contributed by atoms with van der Waals surface area (Å²) in [6.07, 6.45) is -3.47. The van der Waals surface area contributed by atoms with Crippen molar-refractivity contribution in [2.45, 2.75) is 12.6 Å². The van der Waals surface area contributed by atoms with E-state index in [-0.39, 0.29) is 6.54 Å². The van der Waals surface area contributed by atoms with Crippen molar-refractivity contribution in [1.82, 2.24) is 20.4 Å². The van der Waals surface area contributed by atoms with Crippen molar-refractivity contribution in [3.05, 3.63) is 0 Å². The molecule has 0 unspecified atom stereocenters. The molecule has 0 heterocycles. The molecule has 0 aromatic heterocycles. The Morgan fingerprint density at radius 2 is 1.88 bits per heavy atom. The quantitative estimate of drug-likeness (QED) is 0.331. The molecule has 0 saturated heterocycles. The highest BCUT2D eigenvalue weighted by molar-refractivity contribution is 5.86. The average molecular weight is 355 g/mol. The van der Waals surface area contributed by atoms with Crippen LogP contribution in [-0.2, 0) is 9.53 Å². The van der Waals surface area contributed by atoms with E-state index >= 15 is 0 Å². The molecular weight excluding hydrogens is 327 g/mol. The summed E-state index contributed by atoms with van der Waals surface area (Å²) in [5.74, 6) is -0.291. The highest BCUT2D eigenvalue weighted by Crippen LogP contribution is 2.15. The van der Waals surface area contributed by atoms with Gasteiger partial charge in [0.05, 0.1) is 6.54 Å².